The lowest BCUT2D eigenvalue weighted by molar-refractivity contribution is -0.302. The summed E-state index contributed by atoms with van der Waals surface area (Å²) in [7, 11) is 0. The van der Waals surface area contributed by atoms with Crippen molar-refractivity contribution in [1.29, 1.82) is 0 Å². The Balaban J connectivity index is 2.31. The average Bonchev–Trinajstić information content (AvgIpc) is 3.26. The molecule has 0 aromatic heterocycles. The van der Waals surface area contributed by atoms with Crippen LogP contribution in [0.5, 0.6) is 0 Å². The minimum Gasteiger partial charge on any atom is -0.394 e. The van der Waals surface area contributed by atoms with Crippen LogP contribution >= 0.6 is 0 Å². The van der Waals surface area contributed by atoms with Crippen LogP contribution in [-0.4, -0.2) is 98.7 Å². The highest BCUT2D eigenvalue weighted by Crippen LogP contribution is 2.23. The van der Waals surface area contributed by atoms with Crippen LogP contribution in [0.4, 0.5) is 0 Å². The van der Waals surface area contributed by atoms with Crippen molar-refractivity contribution >= 4 is 5.91 Å². The normalized spacial score (nSPS) is 21.1. The molecule has 360 valence electrons. The Hall–Kier alpha value is -1.37. The summed E-state index contributed by atoms with van der Waals surface area (Å²) in [5.74, 6) is -0.618. The molecule has 0 saturated carbocycles. The van der Waals surface area contributed by atoms with Crippen LogP contribution < -0.4 is 5.32 Å². The van der Waals surface area contributed by atoms with E-state index in [0.717, 1.165) is 44.9 Å². The van der Waals surface area contributed by atoms with Crippen molar-refractivity contribution in [3.8, 4) is 0 Å². The largest absolute Gasteiger partial charge is 0.394 e. The number of nitrogens with one attached hydrogen (secondary N) is 1. The number of aliphatic hydroxyl groups is 6. The van der Waals surface area contributed by atoms with E-state index in [1.807, 2.05) is 6.08 Å². The van der Waals surface area contributed by atoms with Crippen molar-refractivity contribution in [3.05, 3.63) is 24.3 Å². The van der Waals surface area contributed by atoms with Gasteiger partial charge in [0.1, 0.15) is 30.5 Å². The molecule has 10 heteroatoms. The first kappa shape index (κ1) is 57.6. The van der Waals surface area contributed by atoms with Gasteiger partial charge in [0.2, 0.25) is 5.91 Å². The third-order valence-corrected chi connectivity index (χ3v) is 12.4. The van der Waals surface area contributed by atoms with Gasteiger partial charge in [0.25, 0.3) is 0 Å². The lowest BCUT2D eigenvalue weighted by atomic mass is 9.99. The first-order valence-electron chi connectivity index (χ1n) is 25.7. The first-order valence-corrected chi connectivity index (χ1v) is 25.7. The molecule has 10 nitrogen and oxygen atoms in total. The van der Waals surface area contributed by atoms with Gasteiger partial charge in [0.05, 0.1) is 25.4 Å². The molecule has 7 N–H and O–H groups in total. The summed E-state index contributed by atoms with van der Waals surface area (Å²) in [5.41, 5.74) is 0. The number of allylic oxidation sites excluding steroid dienone is 3. The number of ether oxygens (including phenoxy) is 2. The van der Waals surface area contributed by atoms with Crippen LogP contribution in [0.1, 0.15) is 232 Å². The van der Waals surface area contributed by atoms with Crippen molar-refractivity contribution < 1.29 is 44.9 Å². The first-order chi connectivity index (χ1) is 29.8. The summed E-state index contributed by atoms with van der Waals surface area (Å²) in [6.07, 6.45) is 39.8. The van der Waals surface area contributed by atoms with E-state index in [1.54, 1.807) is 6.08 Å². The molecular formula is C51H97NO9. The van der Waals surface area contributed by atoms with Gasteiger partial charge in [-0.25, -0.2) is 0 Å². The maximum atomic E-state index is 13.1. The lowest BCUT2D eigenvalue weighted by Crippen LogP contribution is -2.60. The van der Waals surface area contributed by atoms with Gasteiger partial charge in [-0.05, 0) is 44.9 Å². The van der Waals surface area contributed by atoms with Gasteiger partial charge in [0, 0.05) is 0 Å². The van der Waals surface area contributed by atoms with Crippen molar-refractivity contribution in [2.24, 2.45) is 0 Å². The predicted molar refractivity (Wildman–Crippen MR) is 250 cm³/mol. The Morgan fingerprint density at radius 3 is 1.38 bits per heavy atom. The molecule has 1 rings (SSSR count). The molecule has 1 fully saturated rings. The summed E-state index contributed by atoms with van der Waals surface area (Å²) in [5, 5.41) is 64.8. The molecule has 61 heavy (non-hydrogen) atoms. The van der Waals surface area contributed by atoms with Crippen molar-refractivity contribution in [1.82, 2.24) is 5.32 Å². The third kappa shape index (κ3) is 31.2. The van der Waals surface area contributed by atoms with Crippen molar-refractivity contribution in [2.75, 3.05) is 13.2 Å². The molecule has 0 bridgehead atoms. The van der Waals surface area contributed by atoms with Crippen LogP contribution in [0.25, 0.3) is 0 Å². The maximum absolute atomic E-state index is 13.1. The van der Waals surface area contributed by atoms with Crippen molar-refractivity contribution in [3.63, 3.8) is 0 Å². The second-order valence-corrected chi connectivity index (χ2v) is 18.1. The van der Waals surface area contributed by atoms with Crippen molar-refractivity contribution in [2.45, 2.75) is 281 Å². The van der Waals surface area contributed by atoms with E-state index in [2.05, 4.69) is 31.3 Å². The van der Waals surface area contributed by atoms with Gasteiger partial charge in [-0.2, -0.15) is 0 Å². The smallest absolute Gasteiger partial charge is 0.249 e. The molecule has 0 aromatic rings. The number of aliphatic hydroxyl groups excluding tert-OH is 6. The zero-order valence-corrected chi connectivity index (χ0v) is 39.3. The summed E-state index contributed by atoms with van der Waals surface area (Å²) in [6, 6.07) is -0.979. The van der Waals surface area contributed by atoms with E-state index < -0.39 is 61.5 Å². The number of amides is 1. The predicted octanol–water partition coefficient (Wildman–Crippen LogP) is 10.4. The molecule has 0 radical (unpaired) electrons. The maximum Gasteiger partial charge on any atom is 0.249 e. The van der Waals surface area contributed by atoms with E-state index in [9.17, 15) is 35.4 Å². The number of hydrogen-bond acceptors (Lipinski definition) is 9. The molecular weight excluding hydrogens is 771 g/mol. The van der Waals surface area contributed by atoms with Crippen LogP contribution in [-0.2, 0) is 14.3 Å². The van der Waals surface area contributed by atoms with Crippen LogP contribution in [0, 0.1) is 0 Å². The van der Waals surface area contributed by atoms with Crippen LogP contribution in [0.2, 0.25) is 0 Å². The number of unbranched alkanes of at least 4 members (excludes halogenated alkanes) is 30. The van der Waals surface area contributed by atoms with E-state index in [1.165, 1.54) is 161 Å². The van der Waals surface area contributed by atoms with E-state index in [-0.39, 0.29) is 6.61 Å². The van der Waals surface area contributed by atoms with Gasteiger partial charge in [-0.3, -0.25) is 4.79 Å². The quantitative estimate of drug-likeness (QED) is 0.0233. The highest BCUT2D eigenvalue weighted by Gasteiger charge is 2.44. The summed E-state index contributed by atoms with van der Waals surface area (Å²) in [4.78, 5) is 13.1. The molecule has 8 atom stereocenters. The number of carbonyl (C=O) groups is 1. The number of hydrogen-bond donors (Lipinski definition) is 7. The number of rotatable bonds is 43. The summed E-state index contributed by atoms with van der Waals surface area (Å²) in [6.45, 7) is 3.61. The second-order valence-electron chi connectivity index (χ2n) is 18.1. The molecule has 1 saturated heterocycles. The number of carbonyl (C=O) groups excluding carboxylic acids is 1. The Morgan fingerprint density at radius 2 is 0.951 bits per heavy atom. The molecule has 0 aromatic carbocycles. The molecule has 0 aliphatic carbocycles. The van der Waals surface area contributed by atoms with Gasteiger partial charge in [0.15, 0.2) is 6.29 Å². The van der Waals surface area contributed by atoms with Crippen LogP contribution in [0.15, 0.2) is 24.3 Å². The highest BCUT2D eigenvalue weighted by atomic mass is 16.7. The highest BCUT2D eigenvalue weighted by molar-refractivity contribution is 5.80. The molecule has 1 amide bonds. The SMILES string of the molecule is CCCCCCCCCCCCC/C=C/C(O)C(COC1OC(CO)C(O)C(O)C1O)NC(=O)C(O)CCCCCCCCC/C=C\CCCCCCCCCCCCCC. The van der Waals surface area contributed by atoms with Gasteiger partial charge < -0.3 is 45.4 Å². The standard InChI is InChI=1S/C51H97NO9/c1-3-5-7-9-11-13-15-17-18-19-20-21-22-23-24-25-26-28-30-32-34-36-38-40-45(55)50(59)52-43(42-60-51-49(58)48(57)47(56)46(41-53)61-51)44(54)39-37-35-33-31-29-27-16-14-12-10-8-6-4-2/h23-24,37,39,43-49,51,53-58H,3-22,25-36,38,40-42H2,1-2H3,(H,52,59)/b24-23-,39-37+. The monoisotopic (exact) mass is 868 g/mol. The Bertz CT molecular complexity index is 1030. The fourth-order valence-electron chi connectivity index (χ4n) is 8.16. The molecule has 0 spiro atoms. The van der Waals surface area contributed by atoms with Crippen LogP contribution in [0.3, 0.4) is 0 Å². The fraction of sp³-hybridized carbons (Fsp3) is 0.902. The van der Waals surface area contributed by atoms with Gasteiger partial charge >= 0.3 is 0 Å². The Labute approximate surface area is 373 Å². The molecule has 1 aliphatic rings. The third-order valence-electron chi connectivity index (χ3n) is 12.4. The average molecular weight is 868 g/mol. The Kier molecular flexibility index (Phi) is 39.1. The molecule has 1 heterocycles. The van der Waals surface area contributed by atoms with E-state index in [4.69, 9.17) is 9.47 Å². The molecule has 8 unspecified atom stereocenters. The fourth-order valence-corrected chi connectivity index (χ4v) is 8.16. The topological polar surface area (TPSA) is 169 Å². The zero-order chi connectivity index (χ0) is 44.6. The zero-order valence-electron chi connectivity index (χ0n) is 39.3. The second kappa shape index (κ2) is 41.3. The molecule has 1 aliphatic heterocycles. The van der Waals surface area contributed by atoms with E-state index >= 15 is 0 Å². The summed E-state index contributed by atoms with van der Waals surface area (Å²) < 4.78 is 11.1. The van der Waals surface area contributed by atoms with E-state index in [0.29, 0.717) is 12.8 Å². The lowest BCUT2D eigenvalue weighted by Gasteiger charge is -2.40. The minimum atomic E-state index is -1.61. The minimum absolute atomic E-state index is 0.305. The van der Waals surface area contributed by atoms with Gasteiger partial charge in [-0.1, -0.05) is 212 Å². The van der Waals surface area contributed by atoms with Gasteiger partial charge in [-0.15, -0.1) is 0 Å². The summed E-state index contributed by atoms with van der Waals surface area (Å²) >= 11 is 0. The Morgan fingerprint density at radius 1 is 0.557 bits per heavy atom.